The molecule has 3 nitrogen and oxygen atoms in total. The van der Waals surface area contributed by atoms with Crippen molar-refractivity contribution in [2.24, 2.45) is 0 Å². The Morgan fingerprint density at radius 3 is 2.12 bits per heavy atom. The molecule has 0 aromatic heterocycles. The fourth-order valence-electron chi connectivity index (χ4n) is 0.305. The van der Waals surface area contributed by atoms with E-state index in [0.29, 0.717) is 6.42 Å². The van der Waals surface area contributed by atoms with Crippen molar-refractivity contribution >= 4 is 15.8 Å². The molecule has 48 valence electrons. The molecule has 0 saturated heterocycles. The van der Waals surface area contributed by atoms with E-state index in [2.05, 4.69) is 0 Å². The number of rotatable bonds is 2. The molecule has 0 aliphatic heterocycles. The van der Waals surface area contributed by atoms with Crippen LogP contribution in [0.25, 0.3) is 0 Å². The summed E-state index contributed by atoms with van der Waals surface area (Å²) < 4.78 is 19.6. The third kappa shape index (κ3) is 2.74. The van der Waals surface area contributed by atoms with E-state index in [0.717, 1.165) is 0 Å². The summed E-state index contributed by atoms with van der Waals surface area (Å²) in [4.78, 5) is 10.1. The maximum Gasteiger partial charge on any atom is 0.243 e. The first-order valence-corrected chi connectivity index (χ1v) is 3.53. The fourth-order valence-corrected chi connectivity index (χ4v) is 0.711. The molecule has 0 aliphatic rings. The second-order valence-corrected chi connectivity index (χ2v) is 2.41. The smallest absolute Gasteiger partial charge is 0.243 e. The normalized spacial score (nSPS) is 9.75. The average molecular weight is 136 g/mol. The molecule has 0 aromatic rings. The van der Waals surface area contributed by atoms with E-state index in [-0.39, 0.29) is 6.42 Å². The van der Waals surface area contributed by atoms with Gasteiger partial charge in [0.15, 0.2) is 0 Å². The van der Waals surface area contributed by atoms with Gasteiger partial charge in [0.25, 0.3) is 0 Å². The number of carbonyl (C=O) groups is 1. The second-order valence-electron chi connectivity index (χ2n) is 1.40. The minimum Gasteiger partial charge on any atom is -0.282 e. The molecular weight excluding hydrogens is 128 g/mol. The lowest BCUT2D eigenvalue weighted by atomic mass is 10.4. The predicted octanol–water partition coefficient (Wildman–Crippen LogP) is -0.0755. The molecule has 0 spiro atoms. The molecule has 0 radical (unpaired) electrons. The Bertz CT molecular complexity index is 139. The number of hydrogen-bond donors (Lipinski definition) is 1. The second kappa shape index (κ2) is 3.60. The summed E-state index contributed by atoms with van der Waals surface area (Å²) in [5, 5.41) is -0.664. The van der Waals surface area contributed by atoms with Crippen LogP contribution in [0.2, 0.25) is 0 Å². The Morgan fingerprint density at radius 2 is 2.00 bits per heavy atom. The van der Waals surface area contributed by atoms with Crippen molar-refractivity contribution in [2.75, 3.05) is 0 Å². The minimum atomic E-state index is -2.81. The number of hydrogen-bond acceptors (Lipinski definition) is 3. The van der Waals surface area contributed by atoms with Gasteiger partial charge in [-0.15, -0.1) is 0 Å². The van der Waals surface area contributed by atoms with Crippen LogP contribution in [0, 0.1) is 0 Å². The van der Waals surface area contributed by atoms with E-state index in [1.807, 2.05) is 0 Å². The van der Waals surface area contributed by atoms with Gasteiger partial charge in [0, 0.05) is 6.42 Å². The molecule has 0 bridgehead atoms. The average Bonchev–Trinajstić information content (AvgIpc) is 1.67. The van der Waals surface area contributed by atoms with Gasteiger partial charge >= 0.3 is 0 Å². The first-order chi connectivity index (χ1) is 3.68. The Morgan fingerprint density at radius 1 is 1.50 bits per heavy atom. The van der Waals surface area contributed by atoms with Crippen LogP contribution in [0.15, 0.2) is 0 Å². The maximum atomic E-state index is 10.1. The Balaban J connectivity index is 3.67. The molecule has 0 fully saturated rings. The summed E-state index contributed by atoms with van der Waals surface area (Å²) in [6.45, 7) is 1.76. The predicted molar refractivity (Wildman–Crippen MR) is 30.2 cm³/mol. The fraction of sp³-hybridized carbons (Fsp3) is 0.750. The van der Waals surface area contributed by atoms with Crippen molar-refractivity contribution in [3.63, 3.8) is 0 Å². The highest BCUT2D eigenvalue weighted by molar-refractivity contribution is 7.89. The first kappa shape index (κ1) is 7.62. The summed E-state index contributed by atoms with van der Waals surface area (Å²) in [6.07, 6.45) is 0.751. The van der Waals surface area contributed by atoms with Gasteiger partial charge in [0.1, 0.15) is 0 Å². The molecule has 0 rings (SSSR count). The minimum absolute atomic E-state index is 0.151. The van der Waals surface area contributed by atoms with E-state index >= 15 is 0 Å². The van der Waals surface area contributed by atoms with E-state index in [9.17, 15) is 13.2 Å². The maximum absolute atomic E-state index is 10.1. The third-order valence-electron chi connectivity index (χ3n) is 0.668. The monoisotopic (exact) mass is 136 g/mol. The largest absolute Gasteiger partial charge is 0.282 e. The topological polar surface area (TPSA) is 51.2 Å². The standard InChI is InChI=1S/C4H8O3S/c1-2-3-4(5)8(6)7/h8H,2-3H2,1H3. The summed E-state index contributed by atoms with van der Waals surface area (Å²) >= 11 is 0. The van der Waals surface area contributed by atoms with Gasteiger partial charge in [0.2, 0.25) is 15.8 Å². The molecule has 0 amide bonds. The lowest BCUT2D eigenvalue weighted by Crippen LogP contribution is -1.96. The quantitative estimate of drug-likeness (QED) is 0.540. The molecule has 0 aromatic carbocycles. The van der Waals surface area contributed by atoms with Gasteiger partial charge in [-0.25, -0.2) is 8.42 Å². The van der Waals surface area contributed by atoms with Gasteiger partial charge in [0.05, 0.1) is 0 Å². The molecule has 0 aliphatic carbocycles. The molecule has 0 N–H and O–H groups in total. The van der Waals surface area contributed by atoms with Gasteiger partial charge in [-0.1, -0.05) is 6.92 Å². The van der Waals surface area contributed by atoms with Crippen LogP contribution in [0.1, 0.15) is 19.8 Å². The van der Waals surface area contributed by atoms with Crippen LogP contribution in [0.5, 0.6) is 0 Å². The molecule has 0 atom stereocenters. The zero-order valence-electron chi connectivity index (χ0n) is 4.59. The van der Waals surface area contributed by atoms with Crippen LogP contribution < -0.4 is 0 Å². The van der Waals surface area contributed by atoms with Gasteiger partial charge in [-0.05, 0) is 6.42 Å². The highest BCUT2D eigenvalue weighted by Crippen LogP contribution is 1.87. The lowest BCUT2D eigenvalue weighted by molar-refractivity contribution is -0.111. The van der Waals surface area contributed by atoms with Gasteiger partial charge < -0.3 is 0 Å². The first-order valence-electron chi connectivity index (χ1n) is 2.35. The summed E-state index contributed by atoms with van der Waals surface area (Å²) in [6, 6.07) is 0. The lowest BCUT2D eigenvalue weighted by Gasteiger charge is -1.81. The van der Waals surface area contributed by atoms with Crippen LogP contribution in [-0.2, 0) is 15.5 Å². The van der Waals surface area contributed by atoms with Crippen LogP contribution in [0.4, 0.5) is 0 Å². The molecule has 0 unspecified atom stereocenters. The van der Waals surface area contributed by atoms with Crippen molar-refractivity contribution in [3.05, 3.63) is 0 Å². The summed E-state index contributed by atoms with van der Waals surface area (Å²) in [5.41, 5.74) is 0. The highest BCUT2D eigenvalue weighted by atomic mass is 32.2. The summed E-state index contributed by atoms with van der Waals surface area (Å²) in [5.74, 6) is 0. The SMILES string of the molecule is CCCC(=O)[SH](=O)=O. The zero-order valence-corrected chi connectivity index (χ0v) is 5.48. The van der Waals surface area contributed by atoms with Crippen LogP contribution >= 0.6 is 0 Å². The van der Waals surface area contributed by atoms with Gasteiger partial charge in [-0.2, -0.15) is 0 Å². The third-order valence-corrected chi connectivity index (χ3v) is 1.30. The van der Waals surface area contributed by atoms with Crippen molar-refractivity contribution < 1.29 is 13.2 Å². The van der Waals surface area contributed by atoms with E-state index in [1.54, 1.807) is 6.92 Å². The van der Waals surface area contributed by atoms with Crippen molar-refractivity contribution in [1.29, 1.82) is 0 Å². The summed E-state index contributed by atoms with van der Waals surface area (Å²) in [7, 11) is -2.81. The zero-order chi connectivity index (χ0) is 6.57. The van der Waals surface area contributed by atoms with E-state index in [1.165, 1.54) is 0 Å². The van der Waals surface area contributed by atoms with Crippen molar-refractivity contribution in [2.45, 2.75) is 19.8 Å². The Kier molecular flexibility index (Phi) is 3.43. The van der Waals surface area contributed by atoms with Crippen LogP contribution in [-0.4, -0.2) is 13.5 Å². The van der Waals surface area contributed by atoms with Crippen molar-refractivity contribution in [3.8, 4) is 0 Å². The number of thiol groups is 1. The van der Waals surface area contributed by atoms with E-state index in [4.69, 9.17) is 0 Å². The molecular formula is C4H8O3S. The highest BCUT2D eigenvalue weighted by Gasteiger charge is 1.98. The molecule has 4 heteroatoms. The number of carbonyl (C=O) groups excluding carboxylic acids is 1. The Hall–Kier alpha value is -0.380. The van der Waals surface area contributed by atoms with Crippen LogP contribution in [0.3, 0.4) is 0 Å². The molecule has 0 heterocycles. The van der Waals surface area contributed by atoms with Crippen molar-refractivity contribution in [1.82, 2.24) is 0 Å². The Labute approximate surface area is 49.7 Å². The molecule has 8 heavy (non-hydrogen) atoms. The molecule has 0 saturated carbocycles. The van der Waals surface area contributed by atoms with E-state index < -0.39 is 15.8 Å². The van der Waals surface area contributed by atoms with Gasteiger partial charge in [-0.3, -0.25) is 4.79 Å².